The van der Waals surface area contributed by atoms with Crippen LogP contribution in [0.15, 0.2) is 0 Å². The molecule has 1 saturated heterocycles. The summed E-state index contributed by atoms with van der Waals surface area (Å²) >= 11 is 0. The van der Waals surface area contributed by atoms with Gasteiger partial charge in [-0.2, -0.15) is 0 Å². The molecule has 1 N–H and O–H groups in total. The Bertz CT molecular complexity index is 206. The number of unbranched alkanes of at least 4 members (excludes halogenated alkanes) is 1. The Morgan fingerprint density at radius 1 is 1.24 bits per heavy atom. The molecule has 3 nitrogen and oxygen atoms in total. The highest BCUT2D eigenvalue weighted by Crippen LogP contribution is 2.20. The molecule has 0 aromatic heterocycles. The summed E-state index contributed by atoms with van der Waals surface area (Å²) in [4.78, 5) is 4.75. The second kappa shape index (κ2) is 7.34. The van der Waals surface area contributed by atoms with Crippen molar-refractivity contribution in [3.8, 4) is 0 Å². The Balaban J connectivity index is 2.14. The first-order valence-electron chi connectivity index (χ1n) is 7.09. The standard InChI is InChI=1S/C14H31N3/c1-12-11-17(5)13(2)10-14(12)15-8-6-7-9-16(3)4/h12-15H,6-11H2,1-5H3. The van der Waals surface area contributed by atoms with E-state index in [0.717, 1.165) is 18.0 Å². The van der Waals surface area contributed by atoms with Crippen molar-refractivity contribution in [1.29, 1.82) is 0 Å². The first-order chi connectivity index (χ1) is 8.00. The van der Waals surface area contributed by atoms with Crippen LogP contribution in [0.1, 0.15) is 33.1 Å². The minimum atomic E-state index is 0.723. The minimum absolute atomic E-state index is 0.723. The molecule has 1 fully saturated rings. The summed E-state index contributed by atoms with van der Waals surface area (Å²) in [6, 6.07) is 1.45. The van der Waals surface area contributed by atoms with Gasteiger partial charge in [0.05, 0.1) is 0 Å². The van der Waals surface area contributed by atoms with Crippen LogP contribution in [0.2, 0.25) is 0 Å². The van der Waals surface area contributed by atoms with Gasteiger partial charge in [-0.1, -0.05) is 6.92 Å². The lowest BCUT2D eigenvalue weighted by atomic mass is 9.90. The molecule has 1 aliphatic heterocycles. The summed E-state index contributed by atoms with van der Waals surface area (Å²) in [5, 5.41) is 3.75. The Morgan fingerprint density at radius 3 is 2.59 bits per heavy atom. The number of nitrogens with one attached hydrogen (secondary N) is 1. The van der Waals surface area contributed by atoms with Crippen LogP contribution in [0.25, 0.3) is 0 Å². The molecule has 3 heteroatoms. The SMILES string of the molecule is CC1CN(C)C(C)CC1NCCCCN(C)C. The lowest BCUT2D eigenvalue weighted by Gasteiger charge is -2.40. The molecule has 102 valence electrons. The zero-order chi connectivity index (χ0) is 12.8. The maximum atomic E-state index is 3.75. The van der Waals surface area contributed by atoms with E-state index in [4.69, 9.17) is 0 Å². The van der Waals surface area contributed by atoms with Gasteiger partial charge >= 0.3 is 0 Å². The van der Waals surface area contributed by atoms with Crippen LogP contribution >= 0.6 is 0 Å². The molecule has 17 heavy (non-hydrogen) atoms. The number of rotatable bonds is 6. The maximum absolute atomic E-state index is 3.75. The van der Waals surface area contributed by atoms with E-state index in [1.54, 1.807) is 0 Å². The highest BCUT2D eigenvalue weighted by Gasteiger charge is 2.27. The lowest BCUT2D eigenvalue weighted by molar-refractivity contribution is 0.121. The topological polar surface area (TPSA) is 18.5 Å². The summed E-state index contributed by atoms with van der Waals surface area (Å²) < 4.78 is 0. The summed E-state index contributed by atoms with van der Waals surface area (Å²) in [5.74, 6) is 0.782. The first kappa shape index (κ1) is 14.9. The van der Waals surface area contributed by atoms with E-state index in [1.807, 2.05) is 0 Å². The van der Waals surface area contributed by atoms with Gasteiger partial charge in [0.2, 0.25) is 0 Å². The monoisotopic (exact) mass is 241 g/mol. The predicted octanol–water partition coefficient (Wildman–Crippen LogP) is 1.65. The Morgan fingerprint density at radius 2 is 1.94 bits per heavy atom. The van der Waals surface area contributed by atoms with Crippen molar-refractivity contribution in [3.05, 3.63) is 0 Å². The van der Waals surface area contributed by atoms with Crippen LogP contribution in [0.3, 0.4) is 0 Å². The fraction of sp³-hybridized carbons (Fsp3) is 1.00. The van der Waals surface area contributed by atoms with Crippen molar-refractivity contribution in [2.75, 3.05) is 40.8 Å². The third kappa shape index (κ3) is 5.36. The minimum Gasteiger partial charge on any atom is -0.314 e. The van der Waals surface area contributed by atoms with Crippen molar-refractivity contribution in [1.82, 2.24) is 15.1 Å². The second-order valence-corrected chi connectivity index (χ2v) is 6.07. The van der Waals surface area contributed by atoms with Crippen molar-refractivity contribution in [2.45, 2.75) is 45.2 Å². The van der Waals surface area contributed by atoms with Crippen LogP contribution < -0.4 is 5.32 Å². The molecule has 3 atom stereocenters. The molecule has 0 saturated carbocycles. The van der Waals surface area contributed by atoms with E-state index in [2.05, 4.69) is 50.1 Å². The molecular weight excluding hydrogens is 210 g/mol. The fourth-order valence-corrected chi connectivity index (χ4v) is 2.67. The van der Waals surface area contributed by atoms with Gasteiger partial charge in [-0.3, -0.25) is 0 Å². The smallest absolute Gasteiger partial charge is 0.0120 e. The number of piperidine rings is 1. The Kier molecular flexibility index (Phi) is 6.45. The molecular formula is C14H31N3. The van der Waals surface area contributed by atoms with Crippen LogP contribution in [-0.4, -0.2) is 62.7 Å². The number of hydrogen-bond donors (Lipinski definition) is 1. The zero-order valence-electron chi connectivity index (χ0n) is 12.4. The van der Waals surface area contributed by atoms with E-state index in [0.29, 0.717) is 0 Å². The quantitative estimate of drug-likeness (QED) is 0.713. The molecule has 0 bridgehead atoms. The number of hydrogen-bond acceptors (Lipinski definition) is 3. The summed E-state index contributed by atoms with van der Waals surface area (Å²) in [7, 11) is 6.54. The van der Waals surface area contributed by atoms with Crippen molar-refractivity contribution in [3.63, 3.8) is 0 Å². The van der Waals surface area contributed by atoms with Crippen molar-refractivity contribution in [2.24, 2.45) is 5.92 Å². The van der Waals surface area contributed by atoms with Crippen molar-refractivity contribution < 1.29 is 0 Å². The number of nitrogens with zero attached hydrogens (tertiary/aromatic N) is 2. The zero-order valence-corrected chi connectivity index (χ0v) is 12.4. The second-order valence-electron chi connectivity index (χ2n) is 6.07. The van der Waals surface area contributed by atoms with E-state index in [-0.39, 0.29) is 0 Å². The molecule has 0 radical (unpaired) electrons. The van der Waals surface area contributed by atoms with E-state index in [9.17, 15) is 0 Å². The van der Waals surface area contributed by atoms with Gasteiger partial charge in [0.25, 0.3) is 0 Å². The molecule has 1 heterocycles. The molecule has 0 spiro atoms. The third-order valence-corrected chi connectivity index (χ3v) is 4.05. The Labute approximate surface area is 108 Å². The van der Waals surface area contributed by atoms with Gasteiger partial charge in [0, 0.05) is 18.6 Å². The van der Waals surface area contributed by atoms with Crippen LogP contribution in [-0.2, 0) is 0 Å². The molecule has 0 aromatic carbocycles. The van der Waals surface area contributed by atoms with E-state index < -0.39 is 0 Å². The maximum Gasteiger partial charge on any atom is 0.0120 e. The summed E-state index contributed by atoms with van der Waals surface area (Å²) in [5.41, 5.74) is 0. The fourth-order valence-electron chi connectivity index (χ4n) is 2.67. The first-order valence-corrected chi connectivity index (χ1v) is 7.09. The van der Waals surface area contributed by atoms with E-state index in [1.165, 1.54) is 38.9 Å². The van der Waals surface area contributed by atoms with Gasteiger partial charge in [0.1, 0.15) is 0 Å². The molecule has 3 unspecified atom stereocenters. The molecule has 0 aromatic rings. The average Bonchev–Trinajstić information content (AvgIpc) is 2.24. The van der Waals surface area contributed by atoms with Gasteiger partial charge in [0.15, 0.2) is 0 Å². The van der Waals surface area contributed by atoms with Gasteiger partial charge in [-0.05, 0) is 66.3 Å². The highest BCUT2D eigenvalue weighted by molar-refractivity contribution is 4.85. The third-order valence-electron chi connectivity index (χ3n) is 4.05. The van der Waals surface area contributed by atoms with Gasteiger partial charge in [-0.25, -0.2) is 0 Å². The normalized spacial score (nSPS) is 31.1. The molecule has 0 aliphatic carbocycles. The van der Waals surface area contributed by atoms with E-state index >= 15 is 0 Å². The lowest BCUT2D eigenvalue weighted by Crippen LogP contribution is -2.51. The number of likely N-dealkylation sites (tertiary alicyclic amines) is 1. The summed E-state index contributed by atoms with van der Waals surface area (Å²) in [6.07, 6.45) is 3.90. The van der Waals surface area contributed by atoms with Crippen LogP contribution in [0.5, 0.6) is 0 Å². The largest absolute Gasteiger partial charge is 0.314 e. The van der Waals surface area contributed by atoms with Crippen LogP contribution in [0, 0.1) is 5.92 Å². The molecule has 1 aliphatic rings. The van der Waals surface area contributed by atoms with Gasteiger partial charge in [-0.15, -0.1) is 0 Å². The molecule has 1 rings (SSSR count). The predicted molar refractivity (Wildman–Crippen MR) is 75.5 cm³/mol. The van der Waals surface area contributed by atoms with Crippen molar-refractivity contribution >= 4 is 0 Å². The summed E-state index contributed by atoms with van der Waals surface area (Å²) in [6.45, 7) is 8.34. The van der Waals surface area contributed by atoms with Gasteiger partial charge < -0.3 is 15.1 Å². The molecule has 0 amide bonds. The Hall–Kier alpha value is -0.120. The highest BCUT2D eigenvalue weighted by atomic mass is 15.2. The van der Waals surface area contributed by atoms with Crippen LogP contribution in [0.4, 0.5) is 0 Å². The average molecular weight is 241 g/mol.